The van der Waals surface area contributed by atoms with Crippen molar-refractivity contribution >= 4 is 62.1 Å². The Balaban J connectivity index is 1.59. The van der Waals surface area contributed by atoms with Gasteiger partial charge in [-0.15, -0.1) is 0 Å². The monoisotopic (exact) mass is 593 g/mol. The Morgan fingerprint density at radius 2 is 1.84 bits per heavy atom. The highest BCUT2D eigenvalue weighted by atomic mass is 79.9. The van der Waals surface area contributed by atoms with Crippen molar-refractivity contribution in [2.24, 2.45) is 5.92 Å². The van der Waals surface area contributed by atoms with Crippen LogP contribution in [0.4, 0.5) is 11.4 Å². The van der Waals surface area contributed by atoms with Crippen molar-refractivity contribution in [3.05, 3.63) is 106 Å². The highest BCUT2D eigenvalue weighted by Gasteiger charge is 2.42. The van der Waals surface area contributed by atoms with Gasteiger partial charge in [0, 0.05) is 39.9 Å². The number of anilines is 2. The van der Waals surface area contributed by atoms with Crippen LogP contribution in [-0.4, -0.2) is 20.6 Å². The number of rotatable bonds is 6. The molecule has 1 fully saturated rings. The van der Waals surface area contributed by atoms with Crippen molar-refractivity contribution in [2.75, 3.05) is 10.2 Å². The zero-order valence-electron chi connectivity index (χ0n) is 20.2. The maximum atomic E-state index is 12.2. The average molecular weight is 595 g/mol. The van der Waals surface area contributed by atoms with Crippen molar-refractivity contribution in [3.63, 3.8) is 0 Å². The quantitative estimate of drug-likeness (QED) is 0.234. The second-order valence-electron chi connectivity index (χ2n) is 9.08. The van der Waals surface area contributed by atoms with E-state index >= 15 is 0 Å². The Morgan fingerprint density at radius 1 is 1.08 bits per heavy atom. The average Bonchev–Trinajstić information content (AvgIpc) is 3.50. The van der Waals surface area contributed by atoms with Gasteiger partial charge in [0.05, 0.1) is 22.4 Å². The number of hydrogen-bond donors (Lipinski definition) is 2. The minimum Gasteiger partial charge on any atom is -0.351 e. The molecule has 6 nitrogen and oxygen atoms in total. The molecule has 0 unspecified atom stereocenters. The number of carbonyl (C=O) groups is 1. The van der Waals surface area contributed by atoms with Crippen molar-refractivity contribution in [2.45, 2.75) is 25.9 Å². The van der Waals surface area contributed by atoms with Gasteiger partial charge in [-0.2, -0.15) is 0 Å². The van der Waals surface area contributed by atoms with Gasteiger partial charge in [-0.1, -0.05) is 47.4 Å². The summed E-state index contributed by atoms with van der Waals surface area (Å²) >= 11 is 16.0. The molecule has 2 N–H and O–H groups in total. The molecule has 0 spiro atoms. The SMILES string of the molecule is CC(C)C(=O)Nc1ccc(N2C(=S)N[C@@H](c3ccccn3)[C@H]2c2cccn2-c2ccc(Br)cc2)cc1Cl. The van der Waals surface area contributed by atoms with E-state index in [1.807, 2.05) is 74.6 Å². The van der Waals surface area contributed by atoms with Crippen LogP contribution in [0.2, 0.25) is 5.02 Å². The molecule has 4 aromatic rings. The van der Waals surface area contributed by atoms with Crippen LogP contribution in [0.25, 0.3) is 5.69 Å². The number of nitrogens with one attached hydrogen (secondary N) is 2. The zero-order chi connectivity index (χ0) is 26.1. The van der Waals surface area contributed by atoms with Gasteiger partial charge in [0.25, 0.3) is 0 Å². The molecule has 1 aliphatic rings. The van der Waals surface area contributed by atoms with E-state index in [1.165, 1.54) is 0 Å². The highest BCUT2D eigenvalue weighted by molar-refractivity contribution is 9.10. The third kappa shape index (κ3) is 5.14. The fourth-order valence-corrected chi connectivity index (χ4v) is 5.27. The summed E-state index contributed by atoms with van der Waals surface area (Å²) < 4.78 is 3.18. The van der Waals surface area contributed by atoms with Crippen LogP contribution < -0.4 is 15.5 Å². The molecule has 1 saturated heterocycles. The topological polar surface area (TPSA) is 62.2 Å². The van der Waals surface area contributed by atoms with E-state index in [0.717, 1.165) is 27.2 Å². The molecule has 2 atom stereocenters. The minimum absolute atomic E-state index is 0.0894. The molecule has 1 amide bonds. The van der Waals surface area contributed by atoms with Gasteiger partial charge in [0.15, 0.2) is 5.11 Å². The van der Waals surface area contributed by atoms with Gasteiger partial charge < -0.3 is 20.1 Å². The summed E-state index contributed by atoms with van der Waals surface area (Å²) in [6, 6.07) is 23.4. The first-order valence-electron chi connectivity index (χ1n) is 11.9. The molecule has 1 aliphatic heterocycles. The van der Waals surface area contributed by atoms with Crippen molar-refractivity contribution in [1.82, 2.24) is 14.9 Å². The van der Waals surface area contributed by atoms with Crippen molar-refractivity contribution in [3.8, 4) is 5.69 Å². The second-order valence-corrected chi connectivity index (χ2v) is 10.8. The normalized spacial score (nSPS) is 17.2. The number of halogens is 2. The molecule has 0 saturated carbocycles. The zero-order valence-corrected chi connectivity index (χ0v) is 23.4. The van der Waals surface area contributed by atoms with Gasteiger partial charge in [-0.25, -0.2) is 0 Å². The van der Waals surface area contributed by atoms with Gasteiger partial charge in [-0.05, 0) is 78.9 Å². The molecule has 9 heteroatoms. The van der Waals surface area contributed by atoms with E-state index in [9.17, 15) is 4.79 Å². The minimum atomic E-state index is -0.215. The van der Waals surface area contributed by atoms with Crippen molar-refractivity contribution in [1.29, 1.82) is 0 Å². The van der Waals surface area contributed by atoms with E-state index in [0.29, 0.717) is 15.8 Å². The molecule has 0 bridgehead atoms. The van der Waals surface area contributed by atoms with Crippen LogP contribution in [0.5, 0.6) is 0 Å². The molecule has 5 rings (SSSR count). The number of benzene rings is 2. The smallest absolute Gasteiger partial charge is 0.226 e. The predicted octanol–water partition coefficient (Wildman–Crippen LogP) is 7.06. The lowest BCUT2D eigenvalue weighted by molar-refractivity contribution is -0.118. The first kappa shape index (κ1) is 25.4. The van der Waals surface area contributed by atoms with E-state index in [4.69, 9.17) is 23.8 Å². The highest BCUT2D eigenvalue weighted by Crippen LogP contribution is 2.43. The number of thiocarbonyl (C=S) groups is 1. The van der Waals surface area contributed by atoms with E-state index in [2.05, 4.69) is 59.2 Å². The first-order valence-corrected chi connectivity index (χ1v) is 13.5. The Bertz CT molecular complexity index is 1440. The summed E-state index contributed by atoms with van der Waals surface area (Å²) in [5.41, 5.74) is 4.34. The number of nitrogens with zero attached hydrogens (tertiary/aromatic N) is 3. The number of aromatic nitrogens is 2. The van der Waals surface area contributed by atoms with Gasteiger partial charge >= 0.3 is 0 Å². The third-order valence-corrected chi connectivity index (χ3v) is 7.46. The fraction of sp³-hybridized carbons (Fsp3) is 0.179. The molecular weight excluding hydrogens is 570 g/mol. The fourth-order valence-electron chi connectivity index (χ4n) is 4.44. The summed E-state index contributed by atoms with van der Waals surface area (Å²) in [6.45, 7) is 3.68. The number of amides is 1. The van der Waals surface area contributed by atoms with Crippen LogP contribution in [0, 0.1) is 5.92 Å². The predicted molar refractivity (Wildman–Crippen MR) is 156 cm³/mol. The molecule has 0 aliphatic carbocycles. The Labute approximate surface area is 234 Å². The molecular formula is C28H25BrClN5OS. The van der Waals surface area contributed by atoms with E-state index < -0.39 is 0 Å². The Kier molecular flexibility index (Phi) is 7.33. The van der Waals surface area contributed by atoms with Gasteiger partial charge in [-0.3, -0.25) is 9.78 Å². The molecule has 2 aromatic carbocycles. The van der Waals surface area contributed by atoms with Crippen LogP contribution >= 0.6 is 39.7 Å². The molecule has 2 aromatic heterocycles. The summed E-state index contributed by atoms with van der Waals surface area (Å²) in [7, 11) is 0. The van der Waals surface area contributed by atoms with E-state index in [1.54, 1.807) is 6.20 Å². The summed E-state index contributed by atoms with van der Waals surface area (Å²) in [5.74, 6) is -0.241. The van der Waals surface area contributed by atoms with Crippen LogP contribution in [-0.2, 0) is 4.79 Å². The van der Waals surface area contributed by atoms with Crippen LogP contribution in [0.15, 0.2) is 89.7 Å². The summed E-state index contributed by atoms with van der Waals surface area (Å²) in [6.07, 6.45) is 3.84. The largest absolute Gasteiger partial charge is 0.351 e. The molecule has 188 valence electrons. The summed E-state index contributed by atoms with van der Waals surface area (Å²) in [4.78, 5) is 18.9. The lowest BCUT2D eigenvalue weighted by Gasteiger charge is -2.29. The maximum Gasteiger partial charge on any atom is 0.226 e. The summed E-state index contributed by atoms with van der Waals surface area (Å²) in [5, 5.41) is 7.39. The third-order valence-electron chi connectivity index (χ3n) is 6.30. The number of hydrogen-bond acceptors (Lipinski definition) is 3. The lowest BCUT2D eigenvalue weighted by Crippen LogP contribution is -2.30. The number of carbonyl (C=O) groups excluding carboxylic acids is 1. The maximum absolute atomic E-state index is 12.2. The Morgan fingerprint density at radius 3 is 2.51 bits per heavy atom. The standard InChI is InChI=1S/C28H25BrClN5OS/c1-17(2)27(36)32-22-13-12-20(16-21(22)30)35-26(25(33-28(35)37)23-6-3-4-14-31-23)24-7-5-15-34(24)19-10-8-18(29)9-11-19/h3-17,25-26H,1-2H3,(H,32,36)(H,33,37)/t25-,26+/m0/s1. The lowest BCUT2D eigenvalue weighted by atomic mass is 10.0. The van der Waals surface area contributed by atoms with E-state index in [-0.39, 0.29) is 23.9 Å². The number of pyridine rings is 1. The first-order chi connectivity index (χ1) is 17.8. The van der Waals surface area contributed by atoms with Crippen molar-refractivity contribution < 1.29 is 4.79 Å². The Hall–Kier alpha value is -3.20. The molecule has 37 heavy (non-hydrogen) atoms. The van der Waals surface area contributed by atoms with Gasteiger partial charge in [0.2, 0.25) is 5.91 Å². The van der Waals surface area contributed by atoms with Crippen LogP contribution in [0.3, 0.4) is 0 Å². The second kappa shape index (κ2) is 10.7. The molecule has 0 radical (unpaired) electrons. The molecule has 3 heterocycles. The van der Waals surface area contributed by atoms with Gasteiger partial charge in [0.1, 0.15) is 6.04 Å². The van der Waals surface area contributed by atoms with Crippen LogP contribution in [0.1, 0.15) is 37.3 Å².